The zero-order valence-corrected chi connectivity index (χ0v) is 8.84. The smallest absolute Gasteiger partial charge is 0.224 e. The third-order valence-corrected chi connectivity index (χ3v) is 1.94. The molecule has 0 aliphatic carbocycles. The van der Waals surface area contributed by atoms with Gasteiger partial charge in [0.25, 0.3) is 0 Å². The molecule has 1 rings (SSSR count). The first-order chi connectivity index (χ1) is 7.49. The minimum absolute atomic E-state index is 0.0378. The number of hydrogen-bond acceptors (Lipinski definition) is 2. The molecule has 0 heterocycles. The van der Waals surface area contributed by atoms with Crippen molar-refractivity contribution >= 4 is 5.91 Å². The molecule has 0 aliphatic rings. The Kier molecular flexibility index (Phi) is 4.37. The number of aliphatic hydroxyl groups excluding tert-OH is 1. The quantitative estimate of drug-likeness (QED) is 0.809. The Morgan fingerprint density at radius 3 is 2.69 bits per heavy atom. The Balaban J connectivity index is 2.53. The first-order valence-corrected chi connectivity index (χ1v) is 4.87. The van der Waals surface area contributed by atoms with Crippen molar-refractivity contribution in [1.29, 1.82) is 0 Å². The van der Waals surface area contributed by atoms with Crippen LogP contribution in [0.4, 0.5) is 8.78 Å². The van der Waals surface area contributed by atoms with Crippen LogP contribution in [0.2, 0.25) is 0 Å². The summed E-state index contributed by atoms with van der Waals surface area (Å²) in [6.07, 6.45) is -0.668. The molecule has 0 aromatic heterocycles. The fourth-order valence-corrected chi connectivity index (χ4v) is 1.16. The van der Waals surface area contributed by atoms with Gasteiger partial charge >= 0.3 is 0 Å². The summed E-state index contributed by atoms with van der Waals surface area (Å²) in [7, 11) is 0. The van der Waals surface area contributed by atoms with Crippen LogP contribution in [0.5, 0.6) is 0 Å². The second-order valence-electron chi connectivity index (χ2n) is 3.58. The maximum atomic E-state index is 12.8. The maximum Gasteiger partial charge on any atom is 0.224 e. The number of nitrogens with one attached hydrogen (secondary N) is 1. The zero-order chi connectivity index (χ0) is 12.1. The summed E-state index contributed by atoms with van der Waals surface area (Å²) >= 11 is 0. The van der Waals surface area contributed by atoms with E-state index in [9.17, 15) is 13.6 Å². The average Bonchev–Trinajstić information content (AvgIpc) is 2.21. The summed E-state index contributed by atoms with van der Waals surface area (Å²) in [6.45, 7) is 1.68. The van der Waals surface area contributed by atoms with Gasteiger partial charge in [-0.1, -0.05) is 6.07 Å². The van der Waals surface area contributed by atoms with E-state index in [1.165, 1.54) is 13.0 Å². The number of aliphatic hydroxyl groups is 1. The predicted octanol–water partition coefficient (Wildman–Crippen LogP) is 1.00. The van der Waals surface area contributed by atoms with Crippen molar-refractivity contribution in [2.24, 2.45) is 0 Å². The van der Waals surface area contributed by atoms with Crippen molar-refractivity contribution in [2.75, 3.05) is 6.54 Å². The molecule has 0 saturated carbocycles. The molecule has 1 atom stereocenters. The Bertz CT molecular complexity index is 380. The standard InChI is InChI=1S/C11H13F2NO2/c1-7(15)6-14-11(16)5-8-2-3-9(12)10(13)4-8/h2-4,7,15H,5-6H2,1H3,(H,14,16)/t7-/m1/s1. The molecule has 88 valence electrons. The van der Waals surface area contributed by atoms with Crippen LogP contribution in [0.25, 0.3) is 0 Å². The molecule has 0 unspecified atom stereocenters. The maximum absolute atomic E-state index is 12.8. The van der Waals surface area contributed by atoms with Crippen LogP contribution in [-0.4, -0.2) is 23.7 Å². The van der Waals surface area contributed by atoms with E-state index in [1.807, 2.05) is 0 Å². The summed E-state index contributed by atoms with van der Waals surface area (Å²) in [4.78, 5) is 11.3. The van der Waals surface area contributed by atoms with Crippen LogP contribution in [0.15, 0.2) is 18.2 Å². The van der Waals surface area contributed by atoms with Gasteiger partial charge in [0, 0.05) is 6.54 Å². The number of carbonyl (C=O) groups is 1. The molecular weight excluding hydrogens is 216 g/mol. The lowest BCUT2D eigenvalue weighted by molar-refractivity contribution is -0.120. The molecule has 5 heteroatoms. The predicted molar refractivity (Wildman–Crippen MR) is 54.8 cm³/mol. The number of rotatable bonds is 4. The highest BCUT2D eigenvalue weighted by molar-refractivity contribution is 5.78. The fraction of sp³-hybridized carbons (Fsp3) is 0.364. The topological polar surface area (TPSA) is 49.3 Å². The van der Waals surface area contributed by atoms with Gasteiger partial charge in [-0.3, -0.25) is 4.79 Å². The lowest BCUT2D eigenvalue weighted by atomic mass is 10.1. The third-order valence-electron chi connectivity index (χ3n) is 1.94. The van der Waals surface area contributed by atoms with Crippen molar-refractivity contribution < 1.29 is 18.7 Å². The molecule has 1 aromatic carbocycles. The largest absolute Gasteiger partial charge is 0.392 e. The monoisotopic (exact) mass is 229 g/mol. The average molecular weight is 229 g/mol. The Morgan fingerprint density at radius 2 is 2.12 bits per heavy atom. The van der Waals surface area contributed by atoms with Crippen molar-refractivity contribution in [2.45, 2.75) is 19.4 Å². The number of halogens is 2. The van der Waals surface area contributed by atoms with Gasteiger partial charge in [-0.05, 0) is 24.6 Å². The number of carbonyl (C=O) groups excluding carboxylic acids is 1. The van der Waals surface area contributed by atoms with Gasteiger partial charge in [-0.15, -0.1) is 0 Å². The Hall–Kier alpha value is -1.49. The molecule has 2 N–H and O–H groups in total. The molecule has 0 fully saturated rings. The first-order valence-electron chi connectivity index (χ1n) is 4.87. The highest BCUT2D eigenvalue weighted by Gasteiger charge is 2.07. The number of amides is 1. The van der Waals surface area contributed by atoms with E-state index >= 15 is 0 Å². The summed E-state index contributed by atoms with van der Waals surface area (Å²) in [5, 5.41) is 11.4. The van der Waals surface area contributed by atoms with E-state index in [2.05, 4.69) is 5.32 Å². The second-order valence-corrected chi connectivity index (χ2v) is 3.58. The van der Waals surface area contributed by atoms with Crippen molar-refractivity contribution in [1.82, 2.24) is 5.32 Å². The first kappa shape index (κ1) is 12.6. The van der Waals surface area contributed by atoms with Gasteiger partial charge < -0.3 is 10.4 Å². The van der Waals surface area contributed by atoms with Crippen molar-refractivity contribution in [3.05, 3.63) is 35.4 Å². The number of benzene rings is 1. The van der Waals surface area contributed by atoms with E-state index in [1.54, 1.807) is 0 Å². The molecule has 0 saturated heterocycles. The van der Waals surface area contributed by atoms with E-state index in [0.29, 0.717) is 5.56 Å². The molecule has 1 aromatic rings. The molecule has 0 aliphatic heterocycles. The van der Waals surface area contributed by atoms with Crippen molar-refractivity contribution in [3.63, 3.8) is 0 Å². The number of hydrogen-bond donors (Lipinski definition) is 2. The lowest BCUT2D eigenvalue weighted by Crippen LogP contribution is -2.31. The molecule has 0 bridgehead atoms. The van der Waals surface area contributed by atoms with Gasteiger partial charge in [-0.25, -0.2) is 8.78 Å². The highest BCUT2D eigenvalue weighted by atomic mass is 19.2. The molecule has 0 radical (unpaired) electrons. The molecule has 3 nitrogen and oxygen atoms in total. The van der Waals surface area contributed by atoms with E-state index in [0.717, 1.165) is 12.1 Å². The normalized spacial score (nSPS) is 12.2. The summed E-state index contributed by atoms with van der Waals surface area (Å²) in [5.74, 6) is -2.25. The van der Waals surface area contributed by atoms with Crippen LogP contribution in [0, 0.1) is 11.6 Å². The van der Waals surface area contributed by atoms with Crippen LogP contribution in [0.3, 0.4) is 0 Å². The fourth-order valence-electron chi connectivity index (χ4n) is 1.16. The van der Waals surface area contributed by atoms with Crippen molar-refractivity contribution in [3.8, 4) is 0 Å². The molecule has 1 amide bonds. The van der Waals surface area contributed by atoms with Crippen LogP contribution in [0.1, 0.15) is 12.5 Å². The Morgan fingerprint density at radius 1 is 1.44 bits per heavy atom. The van der Waals surface area contributed by atoms with Gasteiger partial charge in [0.15, 0.2) is 11.6 Å². The van der Waals surface area contributed by atoms with Crippen LogP contribution >= 0.6 is 0 Å². The second kappa shape index (κ2) is 5.55. The summed E-state index contributed by atoms with van der Waals surface area (Å²) in [5.41, 5.74) is 0.391. The third kappa shape index (κ3) is 3.94. The zero-order valence-electron chi connectivity index (χ0n) is 8.84. The van der Waals surface area contributed by atoms with Gasteiger partial charge in [0.1, 0.15) is 0 Å². The molecule has 0 spiro atoms. The molecule has 16 heavy (non-hydrogen) atoms. The minimum Gasteiger partial charge on any atom is -0.392 e. The van der Waals surface area contributed by atoms with Gasteiger partial charge in [0.2, 0.25) is 5.91 Å². The minimum atomic E-state index is -0.971. The van der Waals surface area contributed by atoms with Gasteiger partial charge in [0.05, 0.1) is 12.5 Å². The molecular formula is C11H13F2NO2. The van der Waals surface area contributed by atoms with Crippen LogP contribution in [-0.2, 0) is 11.2 Å². The lowest BCUT2D eigenvalue weighted by Gasteiger charge is -2.07. The van der Waals surface area contributed by atoms with Crippen LogP contribution < -0.4 is 5.32 Å². The SMILES string of the molecule is C[C@@H](O)CNC(=O)Cc1ccc(F)c(F)c1. The summed E-state index contributed by atoms with van der Waals surface area (Å²) < 4.78 is 25.4. The highest BCUT2D eigenvalue weighted by Crippen LogP contribution is 2.08. The van der Waals surface area contributed by atoms with Gasteiger partial charge in [-0.2, -0.15) is 0 Å². The summed E-state index contributed by atoms with van der Waals surface area (Å²) in [6, 6.07) is 3.31. The van der Waals surface area contributed by atoms with E-state index in [-0.39, 0.29) is 18.9 Å². The van der Waals surface area contributed by atoms with E-state index in [4.69, 9.17) is 5.11 Å². The van der Waals surface area contributed by atoms with E-state index < -0.39 is 17.7 Å². The Labute approximate surface area is 92.1 Å².